The Morgan fingerprint density at radius 1 is 1.55 bits per heavy atom. The summed E-state index contributed by atoms with van der Waals surface area (Å²) >= 11 is 0. The van der Waals surface area contributed by atoms with Gasteiger partial charge in [-0.2, -0.15) is 0 Å². The molecule has 1 heterocycles. The molecule has 5 nitrogen and oxygen atoms in total. The average Bonchev–Trinajstić information content (AvgIpc) is 2.44. The van der Waals surface area contributed by atoms with E-state index in [9.17, 15) is 4.79 Å². The first-order valence-electron chi connectivity index (χ1n) is 7.76. The van der Waals surface area contributed by atoms with Gasteiger partial charge in [0.2, 0.25) is 5.91 Å². The molecule has 1 aliphatic heterocycles. The minimum atomic E-state index is -0.706. The third-order valence-corrected chi connectivity index (χ3v) is 3.85. The van der Waals surface area contributed by atoms with Gasteiger partial charge >= 0.3 is 0 Å². The van der Waals surface area contributed by atoms with Crippen LogP contribution in [0, 0.1) is 0 Å². The van der Waals surface area contributed by atoms with Crippen LogP contribution in [0.15, 0.2) is 0 Å². The standard InChI is InChI=1S/C15H30N2O3/c1-4-8-17-15(3,14(16)18)10-12(2)20-11-13-7-5-6-9-19-13/h12-13,17H,4-11H2,1-3H3,(H2,16,18). The van der Waals surface area contributed by atoms with Crippen molar-refractivity contribution < 1.29 is 14.3 Å². The van der Waals surface area contributed by atoms with Gasteiger partial charge in [-0.1, -0.05) is 6.92 Å². The van der Waals surface area contributed by atoms with E-state index in [0.29, 0.717) is 13.0 Å². The fourth-order valence-electron chi connectivity index (χ4n) is 2.51. The Morgan fingerprint density at radius 2 is 2.30 bits per heavy atom. The van der Waals surface area contributed by atoms with Crippen molar-refractivity contribution in [2.45, 2.75) is 70.6 Å². The molecule has 3 atom stereocenters. The van der Waals surface area contributed by atoms with Crippen molar-refractivity contribution in [2.75, 3.05) is 19.8 Å². The molecule has 1 fully saturated rings. The number of carbonyl (C=O) groups excluding carboxylic acids is 1. The Hall–Kier alpha value is -0.650. The minimum Gasteiger partial charge on any atom is -0.376 e. The summed E-state index contributed by atoms with van der Waals surface area (Å²) in [5, 5.41) is 3.23. The second-order valence-electron chi connectivity index (χ2n) is 5.96. The topological polar surface area (TPSA) is 73.6 Å². The van der Waals surface area contributed by atoms with Crippen molar-refractivity contribution in [2.24, 2.45) is 5.73 Å². The van der Waals surface area contributed by atoms with Crippen molar-refractivity contribution in [1.82, 2.24) is 5.32 Å². The lowest BCUT2D eigenvalue weighted by Crippen LogP contribution is -2.55. The monoisotopic (exact) mass is 286 g/mol. The van der Waals surface area contributed by atoms with Gasteiger partial charge in [0, 0.05) is 13.0 Å². The fraction of sp³-hybridized carbons (Fsp3) is 0.933. The van der Waals surface area contributed by atoms with Gasteiger partial charge in [-0.15, -0.1) is 0 Å². The van der Waals surface area contributed by atoms with Gasteiger partial charge in [-0.25, -0.2) is 0 Å². The van der Waals surface area contributed by atoms with Gasteiger partial charge in [-0.3, -0.25) is 4.79 Å². The maximum absolute atomic E-state index is 11.6. The molecule has 1 saturated heterocycles. The smallest absolute Gasteiger partial charge is 0.237 e. The predicted octanol–water partition coefficient (Wildman–Crippen LogP) is 1.59. The lowest BCUT2D eigenvalue weighted by atomic mass is 9.93. The molecule has 3 N–H and O–H groups in total. The number of rotatable bonds is 9. The first-order valence-corrected chi connectivity index (χ1v) is 7.76. The Labute approximate surface area is 122 Å². The molecule has 0 bridgehead atoms. The second kappa shape index (κ2) is 8.60. The molecule has 20 heavy (non-hydrogen) atoms. The molecule has 0 aromatic rings. The van der Waals surface area contributed by atoms with E-state index in [2.05, 4.69) is 12.2 Å². The van der Waals surface area contributed by atoms with Crippen molar-refractivity contribution in [3.05, 3.63) is 0 Å². The molecule has 0 aromatic carbocycles. The number of carbonyl (C=O) groups is 1. The van der Waals surface area contributed by atoms with Crippen molar-refractivity contribution >= 4 is 5.91 Å². The van der Waals surface area contributed by atoms with Crippen LogP contribution in [0.25, 0.3) is 0 Å². The molecule has 118 valence electrons. The number of primary amides is 1. The molecule has 1 amide bonds. The molecule has 5 heteroatoms. The molecule has 0 spiro atoms. The van der Waals surface area contributed by atoms with Gasteiger partial charge < -0.3 is 20.5 Å². The molecule has 0 saturated carbocycles. The quantitative estimate of drug-likeness (QED) is 0.675. The zero-order chi connectivity index (χ0) is 15.0. The van der Waals surface area contributed by atoms with E-state index in [1.165, 1.54) is 6.42 Å². The summed E-state index contributed by atoms with van der Waals surface area (Å²) in [6.07, 6.45) is 5.14. The van der Waals surface area contributed by atoms with Crippen molar-refractivity contribution in [1.29, 1.82) is 0 Å². The van der Waals surface area contributed by atoms with Crippen LogP contribution in [0.4, 0.5) is 0 Å². The summed E-state index contributed by atoms with van der Waals surface area (Å²) in [7, 11) is 0. The molecule has 0 aromatic heterocycles. The van der Waals surface area contributed by atoms with Crippen molar-refractivity contribution in [3.63, 3.8) is 0 Å². The second-order valence-corrected chi connectivity index (χ2v) is 5.96. The summed E-state index contributed by atoms with van der Waals surface area (Å²) in [5.41, 5.74) is 4.81. The average molecular weight is 286 g/mol. The lowest BCUT2D eigenvalue weighted by Gasteiger charge is -2.31. The SMILES string of the molecule is CCCNC(C)(CC(C)OCC1CCCCO1)C(N)=O. The summed E-state index contributed by atoms with van der Waals surface area (Å²) in [5.74, 6) is -0.324. The number of ether oxygens (including phenoxy) is 2. The molecule has 0 aliphatic carbocycles. The first-order chi connectivity index (χ1) is 9.48. The van der Waals surface area contributed by atoms with E-state index in [1.54, 1.807) is 0 Å². The number of amides is 1. The zero-order valence-electron chi connectivity index (χ0n) is 13.1. The van der Waals surface area contributed by atoms with Crippen LogP contribution in [0.5, 0.6) is 0 Å². The van der Waals surface area contributed by atoms with E-state index in [-0.39, 0.29) is 18.1 Å². The highest BCUT2D eigenvalue weighted by atomic mass is 16.5. The maximum atomic E-state index is 11.6. The van der Waals surface area contributed by atoms with E-state index in [1.807, 2.05) is 13.8 Å². The summed E-state index contributed by atoms with van der Waals surface area (Å²) in [6.45, 7) is 8.11. The van der Waals surface area contributed by atoms with Crippen molar-refractivity contribution in [3.8, 4) is 0 Å². The third kappa shape index (κ3) is 5.77. The lowest BCUT2D eigenvalue weighted by molar-refractivity contribution is -0.126. The molecule has 1 aliphatic rings. The predicted molar refractivity (Wildman–Crippen MR) is 79.5 cm³/mol. The van der Waals surface area contributed by atoms with Crippen LogP contribution in [0.2, 0.25) is 0 Å². The summed E-state index contributed by atoms with van der Waals surface area (Å²) in [4.78, 5) is 11.6. The zero-order valence-corrected chi connectivity index (χ0v) is 13.1. The van der Waals surface area contributed by atoms with Crippen LogP contribution >= 0.6 is 0 Å². The fourth-order valence-corrected chi connectivity index (χ4v) is 2.51. The highest BCUT2D eigenvalue weighted by molar-refractivity contribution is 5.84. The molecule has 1 rings (SSSR count). The summed E-state index contributed by atoms with van der Waals surface area (Å²) < 4.78 is 11.5. The van der Waals surface area contributed by atoms with Crippen LogP contribution < -0.4 is 11.1 Å². The molecular formula is C15H30N2O3. The van der Waals surface area contributed by atoms with Gasteiger partial charge in [0.05, 0.1) is 24.4 Å². The van der Waals surface area contributed by atoms with E-state index < -0.39 is 5.54 Å². The molecule has 0 radical (unpaired) electrons. The number of nitrogens with one attached hydrogen (secondary N) is 1. The Morgan fingerprint density at radius 3 is 2.85 bits per heavy atom. The van der Waals surface area contributed by atoms with Crippen LogP contribution in [-0.2, 0) is 14.3 Å². The number of hydrogen-bond donors (Lipinski definition) is 2. The van der Waals surface area contributed by atoms with Gasteiger partial charge in [-0.05, 0) is 46.1 Å². The van der Waals surface area contributed by atoms with Crippen LogP contribution in [-0.4, -0.2) is 43.4 Å². The number of nitrogens with two attached hydrogens (primary N) is 1. The highest BCUT2D eigenvalue weighted by Crippen LogP contribution is 2.17. The number of hydrogen-bond acceptors (Lipinski definition) is 4. The molecule has 3 unspecified atom stereocenters. The van der Waals surface area contributed by atoms with Crippen LogP contribution in [0.3, 0.4) is 0 Å². The third-order valence-electron chi connectivity index (χ3n) is 3.85. The maximum Gasteiger partial charge on any atom is 0.237 e. The van der Waals surface area contributed by atoms with E-state index in [4.69, 9.17) is 15.2 Å². The Bertz CT molecular complexity index is 293. The minimum absolute atomic E-state index is 0.0256. The van der Waals surface area contributed by atoms with Gasteiger partial charge in [0.15, 0.2) is 0 Å². The summed E-state index contributed by atoms with van der Waals surface area (Å²) in [6, 6.07) is 0. The highest BCUT2D eigenvalue weighted by Gasteiger charge is 2.32. The van der Waals surface area contributed by atoms with Gasteiger partial charge in [0.1, 0.15) is 0 Å². The van der Waals surface area contributed by atoms with Crippen LogP contribution in [0.1, 0.15) is 52.9 Å². The van der Waals surface area contributed by atoms with E-state index >= 15 is 0 Å². The Balaban J connectivity index is 2.36. The van der Waals surface area contributed by atoms with E-state index in [0.717, 1.165) is 32.4 Å². The largest absolute Gasteiger partial charge is 0.376 e. The first kappa shape index (κ1) is 17.4. The normalized spacial score (nSPS) is 24.1. The van der Waals surface area contributed by atoms with Gasteiger partial charge in [0.25, 0.3) is 0 Å². The molecular weight excluding hydrogens is 256 g/mol. The Kier molecular flexibility index (Phi) is 7.48.